The van der Waals surface area contributed by atoms with Crippen molar-refractivity contribution in [2.24, 2.45) is 5.73 Å². The molecule has 19 heavy (non-hydrogen) atoms. The van der Waals surface area contributed by atoms with Gasteiger partial charge in [-0.1, -0.05) is 30.3 Å². The lowest BCUT2D eigenvalue weighted by molar-refractivity contribution is 0.318. The second-order valence-corrected chi connectivity index (χ2v) is 5.38. The molecule has 0 bridgehead atoms. The molecular formula is C16H19NOS. The lowest BCUT2D eigenvalue weighted by atomic mass is 10.2. The Kier molecular flexibility index (Phi) is 5.79. The molecule has 2 rings (SSSR count). The van der Waals surface area contributed by atoms with E-state index in [1.807, 2.05) is 42.1 Å². The number of nitrogens with two attached hydrogens (primary N) is 1. The fourth-order valence-electron chi connectivity index (χ4n) is 1.68. The molecule has 2 aromatic rings. The first-order valence-electron chi connectivity index (χ1n) is 6.48. The summed E-state index contributed by atoms with van der Waals surface area (Å²) in [5, 5.41) is 0. The Morgan fingerprint density at radius 1 is 0.947 bits per heavy atom. The average Bonchev–Trinajstić information content (AvgIpc) is 2.49. The van der Waals surface area contributed by atoms with Crippen LogP contribution >= 0.6 is 11.8 Å². The van der Waals surface area contributed by atoms with E-state index in [-0.39, 0.29) is 0 Å². The molecule has 0 saturated heterocycles. The van der Waals surface area contributed by atoms with Crippen LogP contribution in [0.15, 0.2) is 59.5 Å². The summed E-state index contributed by atoms with van der Waals surface area (Å²) in [5.41, 5.74) is 6.68. The third-order valence-electron chi connectivity index (χ3n) is 2.73. The molecule has 100 valence electrons. The van der Waals surface area contributed by atoms with Crippen molar-refractivity contribution < 1.29 is 4.74 Å². The molecule has 0 aliphatic heterocycles. The van der Waals surface area contributed by atoms with Crippen molar-refractivity contribution in [3.05, 3.63) is 60.2 Å². The van der Waals surface area contributed by atoms with Gasteiger partial charge in [0.05, 0.1) is 6.61 Å². The molecule has 0 fully saturated rings. The van der Waals surface area contributed by atoms with Crippen molar-refractivity contribution in [2.75, 3.05) is 12.4 Å². The summed E-state index contributed by atoms with van der Waals surface area (Å²) in [6.45, 7) is 1.33. The zero-order valence-corrected chi connectivity index (χ0v) is 11.7. The second kappa shape index (κ2) is 7.87. The first-order chi connectivity index (χ1) is 9.38. The van der Waals surface area contributed by atoms with E-state index in [2.05, 4.69) is 24.3 Å². The normalized spacial score (nSPS) is 10.4. The van der Waals surface area contributed by atoms with Gasteiger partial charge in [-0.25, -0.2) is 0 Å². The predicted octanol–water partition coefficient (Wildman–Crippen LogP) is 3.71. The zero-order chi connectivity index (χ0) is 13.3. The van der Waals surface area contributed by atoms with Gasteiger partial charge in [0.1, 0.15) is 5.75 Å². The highest BCUT2D eigenvalue weighted by Gasteiger charge is 1.96. The van der Waals surface area contributed by atoms with Crippen LogP contribution in [0.4, 0.5) is 0 Å². The van der Waals surface area contributed by atoms with Crippen LogP contribution in [0.3, 0.4) is 0 Å². The van der Waals surface area contributed by atoms with Gasteiger partial charge in [-0.3, -0.25) is 0 Å². The molecule has 0 aliphatic rings. The van der Waals surface area contributed by atoms with Crippen LogP contribution in [0.2, 0.25) is 0 Å². The summed E-state index contributed by atoms with van der Waals surface area (Å²) >= 11 is 1.87. The molecule has 0 spiro atoms. The van der Waals surface area contributed by atoms with Gasteiger partial charge in [-0.05, 0) is 36.2 Å². The summed E-state index contributed by atoms with van der Waals surface area (Å²) in [6, 6.07) is 18.4. The summed E-state index contributed by atoms with van der Waals surface area (Å²) in [5.74, 6) is 1.99. The summed E-state index contributed by atoms with van der Waals surface area (Å²) in [4.78, 5) is 1.31. The molecule has 0 saturated carbocycles. The van der Waals surface area contributed by atoms with E-state index in [0.29, 0.717) is 6.54 Å². The molecule has 2 N–H and O–H groups in total. The molecule has 2 aromatic carbocycles. The van der Waals surface area contributed by atoms with Crippen LogP contribution in [-0.4, -0.2) is 12.4 Å². The molecule has 0 aromatic heterocycles. The lowest BCUT2D eigenvalue weighted by Gasteiger charge is -2.06. The summed E-state index contributed by atoms with van der Waals surface area (Å²) < 4.78 is 5.69. The molecule has 0 radical (unpaired) electrons. The minimum absolute atomic E-state index is 0.577. The third-order valence-corrected chi connectivity index (χ3v) is 3.83. The number of hydrogen-bond acceptors (Lipinski definition) is 3. The van der Waals surface area contributed by atoms with E-state index in [0.717, 1.165) is 30.1 Å². The molecule has 0 unspecified atom stereocenters. The first-order valence-corrected chi connectivity index (χ1v) is 7.47. The standard InChI is InChI=1S/C16H19NOS/c17-13-14-7-9-15(10-8-14)18-11-4-12-19-16-5-2-1-3-6-16/h1-3,5-10H,4,11-13,17H2. The van der Waals surface area contributed by atoms with E-state index in [1.165, 1.54) is 4.90 Å². The fraction of sp³-hybridized carbons (Fsp3) is 0.250. The molecule has 0 amide bonds. The van der Waals surface area contributed by atoms with Crippen LogP contribution < -0.4 is 10.5 Å². The maximum absolute atomic E-state index is 5.69. The van der Waals surface area contributed by atoms with E-state index in [1.54, 1.807) is 0 Å². The van der Waals surface area contributed by atoms with E-state index < -0.39 is 0 Å². The molecule has 0 atom stereocenters. The smallest absolute Gasteiger partial charge is 0.119 e. The minimum Gasteiger partial charge on any atom is -0.494 e. The van der Waals surface area contributed by atoms with Gasteiger partial charge >= 0.3 is 0 Å². The molecule has 2 nitrogen and oxygen atoms in total. The Balaban J connectivity index is 1.63. The Morgan fingerprint density at radius 2 is 1.68 bits per heavy atom. The number of hydrogen-bond donors (Lipinski definition) is 1. The molecule has 0 aliphatic carbocycles. The average molecular weight is 273 g/mol. The fourth-order valence-corrected chi connectivity index (χ4v) is 2.52. The Labute approximate surface area is 119 Å². The van der Waals surface area contributed by atoms with Gasteiger partial charge in [0.2, 0.25) is 0 Å². The third kappa shape index (κ3) is 4.97. The quantitative estimate of drug-likeness (QED) is 0.617. The highest BCUT2D eigenvalue weighted by atomic mass is 32.2. The van der Waals surface area contributed by atoms with Crippen LogP contribution in [0.25, 0.3) is 0 Å². The zero-order valence-electron chi connectivity index (χ0n) is 10.9. The van der Waals surface area contributed by atoms with Crippen molar-refractivity contribution >= 4 is 11.8 Å². The molecule has 3 heteroatoms. The SMILES string of the molecule is NCc1ccc(OCCCSc2ccccc2)cc1. The first kappa shape index (κ1) is 14.0. The van der Waals surface area contributed by atoms with Crippen LogP contribution in [0.5, 0.6) is 5.75 Å². The largest absolute Gasteiger partial charge is 0.494 e. The van der Waals surface area contributed by atoms with Gasteiger partial charge < -0.3 is 10.5 Å². The maximum Gasteiger partial charge on any atom is 0.119 e. The summed E-state index contributed by atoms with van der Waals surface area (Å²) in [6.07, 6.45) is 1.04. The monoisotopic (exact) mass is 273 g/mol. The van der Waals surface area contributed by atoms with Crippen molar-refractivity contribution in [1.29, 1.82) is 0 Å². The van der Waals surface area contributed by atoms with Crippen molar-refractivity contribution in [2.45, 2.75) is 17.9 Å². The highest BCUT2D eigenvalue weighted by molar-refractivity contribution is 7.99. The van der Waals surface area contributed by atoms with Gasteiger partial charge in [-0.15, -0.1) is 11.8 Å². The lowest BCUT2D eigenvalue weighted by Crippen LogP contribution is -2.00. The maximum atomic E-state index is 5.69. The van der Waals surface area contributed by atoms with Crippen LogP contribution in [0, 0.1) is 0 Å². The van der Waals surface area contributed by atoms with Crippen LogP contribution in [0.1, 0.15) is 12.0 Å². The minimum atomic E-state index is 0.577. The summed E-state index contributed by atoms with van der Waals surface area (Å²) in [7, 11) is 0. The van der Waals surface area contributed by atoms with E-state index in [9.17, 15) is 0 Å². The van der Waals surface area contributed by atoms with Crippen molar-refractivity contribution in [1.82, 2.24) is 0 Å². The van der Waals surface area contributed by atoms with Gasteiger partial charge in [0.25, 0.3) is 0 Å². The van der Waals surface area contributed by atoms with Crippen molar-refractivity contribution in [3.8, 4) is 5.75 Å². The molecule has 0 heterocycles. The number of ether oxygens (including phenoxy) is 1. The number of benzene rings is 2. The molecular weight excluding hydrogens is 254 g/mol. The number of thioether (sulfide) groups is 1. The second-order valence-electron chi connectivity index (χ2n) is 4.21. The van der Waals surface area contributed by atoms with Gasteiger partial charge in [0.15, 0.2) is 0 Å². The van der Waals surface area contributed by atoms with Gasteiger partial charge in [0, 0.05) is 17.2 Å². The van der Waals surface area contributed by atoms with E-state index >= 15 is 0 Å². The Bertz CT molecular complexity index is 470. The predicted molar refractivity (Wildman–Crippen MR) is 81.6 cm³/mol. The van der Waals surface area contributed by atoms with Crippen LogP contribution in [-0.2, 0) is 6.54 Å². The number of rotatable bonds is 7. The van der Waals surface area contributed by atoms with Gasteiger partial charge in [-0.2, -0.15) is 0 Å². The van der Waals surface area contributed by atoms with Crippen molar-refractivity contribution in [3.63, 3.8) is 0 Å². The highest BCUT2D eigenvalue weighted by Crippen LogP contribution is 2.18. The Hall–Kier alpha value is -1.45. The topological polar surface area (TPSA) is 35.2 Å². The van der Waals surface area contributed by atoms with E-state index in [4.69, 9.17) is 10.5 Å². The Morgan fingerprint density at radius 3 is 2.37 bits per heavy atom.